The van der Waals surface area contributed by atoms with Crippen LogP contribution in [-0.4, -0.2) is 47.2 Å². The molecule has 1 aliphatic rings. The van der Waals surface area contributed by atoms with Gasteiger partial charge >= 0.3 is 6.03 Å². The van der Waals surface area contributed by atoms with Gasteiger partial charge < -0.3 is 9.42 Å². The molecule has 0 bridgehead atoms. The first-order valence-corrected chi connectivity index (χ1v) is 10.5. The van der Waals surface area contributed by atoms with E-state index in [1.165, 1.54) is 16.7 Å². The van der Waals surface area contributed by atoms with Crippen molar-refractivity contribution in [2.45, 2.75) is 6.54 Å². The Labute approximate surface area is 181 Å². The van der Waals surface area contributed by atoms with E-state index in [0.29, 0.717) is 24.5 Å². The number of para-hydroxylation sites is 1. The third-order valence-corrected chi connectivity index (χ3v) is 5.70. The number of amides is 2. The molecule has 0 spiro atoms. The van der Waals surface area contributed by atoms with Gasteiger partial charge in [0, 0.05) is 32.7 Å². The van der Waals surface area contributed by atoms with Gasteiger partial charge in [0.05, 0.1) is 5.39 Å². The van der Waals surface area contributed by atoms with E-state index in [9.17, 15) is 4.79 Å². The summed E-state index contributed by atoms with van der Waals surface area (Å²) in [7, 11) is 0. The number of piperazine rings is 1. The molecule has 0 unspecified atom stereocenters. The summed E-state index contributed by atoms with van der Waals surface area (Å²) >= 11 is 0. The molecular formula is C25H24N4O2. The molecule has 6 nitrogen and oxygen atoms in total. The van der Waals surface area contributed by atoms with Crippen molar-refractivity contribution in [1.29, 1.82) is 0 Å². The van der Waals surface area contributed by atoms with Gasteiger partial charge in [-0.25, -0.2) is 4.79 Å². The number of hydrogen-bond acceptors (Lipinski definition) is 4. The van der Waals surface area contributed by atoms with Crippen LogP contribution in [0.15, 0.2) is 83.4 Å². The first-order valence-electron chi connectivity index (χ1n) is 10.5. The summed E-state index contributed by atoms with van der Waals surface area (Å²) in [5.74, 6) is 0.473. The monoisotopic (exact) mass is 412 g/mol. The van der Waals surface area contributed by atoms with Gasteiger partial charge in [0.1, 0.15) is 0 Å². The second-order valence-electron chi connectivity index (χ2n) is 7.79. The van der Waals surface area contributed by atoms with Gasteiger partial charge in [-0.05, 0) is 34.9 Å². The van der Waals surface area contributed by atoms with Crippen LogP contribution in [0.5, 0.6) is 0 Å². The minimum Gasteiger partial charge on any atom is -0.354 e. The summed E-state index contributed by atoms with van der Waals surface area (Å²) in [5.41, 5.74) is 4.41. The zero-order valence-electron chi connectivity index (χ0n) is 17.2. The molecule has 1 saturated heterocycles. The number of benzene rings is 3. The zero-order valence-corrected chi connectivity index (χ0v) is 17.2. The van der Waals surface area contributed by atoms with E-state index in [2.05, 4.69) is 63.9 Å². The highest BCUT2D eigenvalue weighted by Gasteiger charge is 2.22. The van der Waals surface area contributed by atoms with Gasteiger partial charge in [0.15, 0.2) is 11.4 Å². The van der Waals surface area contributed by atoms with Crippen LogP contribution in [0.3, 0.4) is 0 Å². The van der Waals surface area contributed by atoms with Crippen molar-refractivity contribution in [1.82, 2.24) is 15.0 Å². The maximum absolute atomic E-state index is 12.7. The number of urea groups is 1. The van der Waals surface area contributed by atoms with E-state index < -0.39 is 0 Å². The predicted molar refractivity (Wildman–Crippen MR) is 122 cm³/mol. The van der Waals surface area contributed by atoms with Crippen LogP contribution < -0.4 is 5.32 Å². The third kappa shape index (κ3) is 4.29. The number of carbonyl (C=O) groups is 1. The average Bonchev–Trinajstić information content (AvgIpc) is 3.23. The normalized spacial score (nSPS) is 14.6. The fourth-order valence-electron chi connectivity index (χ4n) is 4.00. The highest BCUT2D eigenvalue weighted by Crippen LogP contribution is 2.23. The van der Waals surface area contributed by atoms with Gasteiger partial charge in [-0.1, -0.05) is 65.8 Å². The molecule has 0 atom stereocenters. The van der Waals surface area contributed by atoms with E-state index >= 15 is 0 Å². The molecule has 1 aromatic heterocycles. The Morgan fingerprint density at radius 1 is 0.871 bits per heavy atom. The summed E-state index contributed by atoms with van der Waals surface area (Å²) in [6.07, 6.45) is 0. The van der Waals surface area contributed by atoms with Crippen molar-refractivity contribution in [3.05, 3.63) is 84.4 Å². The van der Waals surface area contributed by atoms with E-state index in [1.807, 2.05) is 35.2 Å². The number of nitrogens with zero attached hydrogens (tertiary/aromatic N) is 3. The fourth-order valence-corrected chi connectivity index (χ4v) is 4.00. The number of nitrogens with one attached hydrogen (secondary N) is 1. The Morgan fingerprint density at radius 3 is 2.45 bits per heavy atom. The van der Waals surface area contributed by atoms with Crippen LogP contribution in [0.4, 0.5) is 10.6 Å². The second kappa shape index (κ2) is 8.62. The maximum atomic E-state index is 12.7. The molecule has 1 aliphatic heterocycles. The number of rotatable bonds is 4. The lowest BCUT2D eigenvalue weighted by Crippen LogP contribution is -2.49. The minimum atomic E-state index is -0.134. The molecule has 5 rings (SSSR count). The number of hydrogen-bond donors (Lipinski definition) is 1. The topological polar surface area (TPSA) is 61.6 Å². The number of carbonyl (C=O) groups excluding carboxylic acids is 1. The van der Waals surface area contributed by atoms with Crippen LogP contribution in [0.1, 0.15) is 5.56 Å². The molecule has 0 saturated carbocycles. The lowest BCUT2D eigenvalue weighted by Gasteiger charge is -2.34. The van der Waals surface area contributed by atoms with Crippen molar-refractivity contribution in [2.75, 3.05) is 31.5 Å². The molecule has 156 valence electrons. The number of aromatic nitrogens is 1. The first-order chi connectivity index (χ1) is 15.3. The Balaban J connectivity index is 1.18. The Hall–Kier alpha value is -3.64. The van der Waals surface area contributed by atoms with Gasteiger partial charge in [-0.15, -0.1) is 0 Å². The zero-order chi connectivity index (χ0) is 21.0. The summed E-state index contributed by atoms with van der Waals surface area (Å²) in [6.45, 7) is 3.91. The van der Waals surface area contributed by atoms with Crippen molar-refractivity contribution in [2.24, 2.45) is 0 Å². The summed E-state index contributed by atoms with van der Waals surface area (Å²) in [4.78, 5) is 16.9. The van der Waals surface area contributed by atoms with Crippen molar-refractivity contribution in [3.8, 4) is 11.1 Å². The van der Waals surface area contributed by atoms with E-state index in [1.54, 1.807) is 0 Å². The highest BCUT2D eigenvalue weighted by atomic mass is 16.5. The fraction of sp³-hybridized carbons (Fsp3) is 0.200. The van der Waals surface area contributed by atoms with Crippen LogP contribution in [0.2, 0.25) is 0 Å². The van der Waals surface area contributed by atoms with Crippen LogP contribution >= 0.6 is 0 Å². The Bertz CT molecular complexity index is 1180. The SMILES string of the molecule is O=C(Nc1noc2ccccc12)N1CCN(Cc2cccc(-c3ccccc3)c2)CC1. The second-order valence-corrected chi connectivity index (χ2v) is 7.79. The third-order valence-electron chi connectivity index (χ3n) is 5.70. The molecule has 2 heterocycles. The minimum absolute atomic E-state index is 0.134. The summed E-state index contributed by atoms with van der Waals surface area (Å²) in [6, 6.07) is 26.5. The molecule has 1 N–H and O–H groups in total. The van der Waals surface area contributed by atoms with Gasteiger partial charge in [-0.2, -0.15) is 0 Å². The molecule has 6 heteroatoms. The maximum Gasteiger partial charge on any atom is 0.323 e. The van der Waals surface area contributed by atoms with Crippen LogP contribution in [0.25, 0.3) is 22.1 Å². The summed E-state index contributed by atoms with van der Waals surface area (Å²) in [5, 5.41) is 7.69. The van der Waals surface area contributed by atoms with Gasteiger partial charge in [-0.3, -0.25) is 10.2 Å². The first kappa shape index (κ1) is 19.3. The average molecular weight is 412 g/mol. The Morgan fingerprint density at radius 2 is 1.61 bits per heavy atom. The highest BCUT2D eigenvalue weighted by molar-refractivity contribution is 5.98. The van der Waals surface area contributed by atoms with E-state index in [4.69, 9.17) is 4.52 Å². The molecule has 31 heavy (non-hydrogen) atoms. The number of fused-ring (bicyclic) bond motifs is 1. The van der Waals surface area contributed by atoms with Crippen molar-refractivity contribution in [3.63, 3.8) is 0 Å². The summed E-state index contributed by atoms with van der Waals surface area (Å²) < 4.78 is 5.27. The smallest absolute Gasteiger partial charge is 0.323 e. The molecular weight excluding hydrogens is 388 g/mol. The van der Waals surface area contributed by atoms with Crippen LogP contribution in [-0.2, 0) is 6.54 Å². The lowest BCUT2D eigenvalue weighted by atomic mass is 10.0. The number of anilines is 1. The lowest BCUT2D eigenvalue weighted by molar-refractivity contribution is 0.143. The quantitative estimate of drug-likeness (QED) is 0.521. The molecule has 0 radical (unpaired) electrons. The molecule has 0 aliphatic carbocycles. The molecule has 1 fully saturated rings. The van der Waals surface area contributed by atoms with Crippen LogP contribution in [0, 0.1) is 0 Å². The predicted octanol–water partition coefficient (Wildman–Crippen LogP) is 4.84. The van der Waals surface area contributed by atoms with Gasteiger partial charge in [0.25, 0.3) is 0 Å². The largest absolute Gasteiger partial charge is 0.354 e. The van der Waals surface area contributed by atoms with Gasteiger partial charge in [0.2, 0.25) is 0 Å². The molecule has 2 amide bonds. The van der Waals surface area contributed by atoms with E-state index in [0.717, 1.165) is 25.0 Å². The van der Waals surface area contributed by atoms with E-state index in [-0.39, 0.29) is 6.03 Å². The Kier molecular flexibility index (Phi) is 5.37. The van der Waals surface area contributed by atoms with Crippen molar-refractivity contribution >= 4 is 22.8 Å². The standard InChI is InChI=1S/C25H24N4O2/c30-25(26-24-22-11-4-5-12-23(22)31-27-24)29-15-13-28(14-16-29)18-19-7-6-10-21(17-19)20-8-2-1-3-9-20/h1-12,17H,13-16,18H2,(H,26,27,30). The molecule has 3 aromatic carbocycles. The molecule has 4 aromatic rings. The van der Waals surface area contributed by atoms with Crippen molar-refractivity contribution < 1.29 is 9.32 Å².